The molecule has 0 spiro atoms. The molecule has 1 saturated heterocycles. The lowest BCUT2D eigenvalue weighted by Crippen LogP contribution is -2.48. The first-order chi connectivity index (χ1) is 9.81. The van der Waals surface area contributed by atoms with Crippen LogP contribution in [0.5, 0.6) is 0 Å². The maximum absolute atomic E-state index is 5.57. The van der Waals surface area contributed by atoms with Crippen molar-refractivity contribution in [3.63, 3.8) is 0 Å². The number of nitrogens with one attached hydrogen (secondary N) is 1. The molecule has 0 aromatic heterocycles. The van der Waals surface area contributed by atoms with Crippen molar-refractivity contribution in [2.24, 2.45) is 4.99 Å². The lowest BCUT2D eigenvalue weighted by molar-refractivity contribution is 0.138. The van der Waals surface area contributed by atoms with Crippen LogP contribution in [-0.2, 0) is 4.74 Å². The summed E-state index contributed by atoms with van der Waals surface area (Å²) in [5.74, 6) is 2.26. The van der Waals surface area contributed by atoms with Gasteiger partial charge >= 0.3 is 0 Å². The maximum Gasteiger partial charge on any atom is 0.194 e. The second kappa shape index (κ2) is 11.3. The number of guanidine groups is 1. The van der Waals surface area contributed by atoms with Gasteiger partial charge in [0.1, 0.15) is 0 Å². The Morgan fingerprint density at radius 2 is 2.20 bits per heavy atom. The molecule has 1 N–H and O–H groups in total. The highest BCUT2D eigenvalue weighted by Crippen LogP contribution is 2.20. The molecule has 0 aromatic rings. The minimum atomic E-state index is 0.731. The van der Waals surface area contributed by atoms with E-state index in [9.17, 15) is 0 Å². The Labute approximate surface area is 128 Å². The quantitative estimate of drug-likeness (QED) is 0.425. The largest absolute Gasteiger partial charge is 0.380 e. The van der Waals surface area contributed by atoms with Gasteiger partial charge < -0.3 is 15.0 Å². The van der Waals surface area contributed by atoms with E-state index in [1.807, 2.05) is 0 Å². The molecule has 5 heteroatoms. The van der Waals surface area contributed by atoms with Crippen molar-refractivity contribution < 1.29 is 4.74 Å². The molecule has 0 radical (unpaired) electrons. The number of thioether (sulfide) groups is 1. The first-order valence-corrected chi connectivity index (χ1v) is 9.09. The Balaban J connectivity index is 2.37. The third-order valence-corrected chi connectivity index (χ3v) is 4.74. The Morgan fingerprint density at radius 1 is 1.35 bits per heavy atom. The number of unbranched alkanes of at least 4 members (excludes halogenated alkanes) is 1. The zero-order chi connectivity index (χ0) is 14.6. The molecule has 20 heavy (non-hydrogen) atoms. The average Bonchev–Trinajstić information content (AvgIpc) is 2.49. The standard InChI is InChI=1S/C15H31N3OS/c1-4-7-10-19-11-8-17-15(16-6-3)18-9-12-20-14(5-2)13-18/h14H,4-13H2,1-3H3,(H,16,17). The molecule has 0 aliphatic carbocycles. The number of rotatable bonds is 8. The second-order valence-corrected chi connectivity index (χ2v) is 6.46. The van der Waals surface area contributed by atoms with Crippen molar-refractivity contribution in [3.05, 3.63) is 0 Å². The maximum atomic E-state index is 5.57. The molecule has 0 amide bonds. The number of hydrogen-bond donors (Lipinski definition) is 1. The molecule has 1 heterocycles. The van der Waals surface area contributed by atoms with Gasteiger partial charge in [-0.2, -0.15) is 11.8 Å². The summed E-state index contributed by atoms with van der Waals surface area (Å²) in [7, 11) is 0. The van der Waals surface area contributed by atoms with Crippen molar-refractivity contribution in [2.75, 3.05) is 45.1 Å². The molecule has 4 nitrogen and oxygen atoms in total. The van der Waals surface area contributed by atoms with E-state index in [1.165, 1.54) is 18.6 Å². The van der Waals surface area contributed by atoms with Crippen LogP contribution in [0.1, 0.15) is 40.0 Å². The minimum Gasteiger partial charge on any atom is -0.380 e. The van der Waals surface area contributed by atoms with Gasteiger partial charge in [0, 0.05) is 37.2 Å². The summed E-state index contributed by atoms with van der Waals surface area (Å²) in [4.78, 5) is 7.10. The Hall–Kier alpha value is -0.420. The molecule has 1 aliphatic heterocycles. The molecule has 1 rings (SSSR count). The highest BCUT2D eigenvalue weighted by Gasteiger charge is 2.21. The molecule has 1 unspecified atom stereocenters. The van der Waals surface area contributed by atoms with Gasteiger partial charge in [-0.25, -0.2) is 0 Å². The Morgan fingerprint density at radius 3 is 2.90 bits per heavy atom. The Kier molecular flexibility index (Phi) is 9.93. The third kappa shape index (κ3) is 6.84. The minimum absolute atomic E-state index is 0.731. The van der Waals surface area contributed by atoms with Crippen LogP contribution in [0.2, 0.25) is 0 Å². The van der Waals surface area contributed by atoms with Crippen molar-refractivity contribution in [2.45, 2.75) is 45.3 Å². The topological polar surface area (TPSA) is 36.9 Å². The SMILES string of the molecule is CCCCOCCN=C(NCC)N1CCSC(CC)C1. The van der Waals surface area contributed by atoms with Crippen LogP contribution < -0.4 is 5.32 Å². The molecular formula is C15H31N3OS. The van der Waals surface area contributed by atoms with Gasteiger partial charge in [0.05, 0.1) is 13.2 Å². The van der Waals surface area contributed by atoms with Crippen LogP contribution in [0, 0.1) is 0 Å². The third-order valence-electron chi connectivity index (χ3n) is 3.37. The van der Waals surface area contributed by atoms with E-state index in [0.717, 1.165) is 57.0 Å². The normalized spacial score (nSPS) is 20.2. The highest BCUT2D eigenvalue weighted by atomic mass is 32.2. The van der Waals surface area contributed by atoms with Crippen LogP contribution >= 0.6 is 11.8 Å². The number of nitrogens with zero attached hydrogens (tertiary/aromatic N) is 2. The van der Waals surface area contributed by atoms with Crippen molar-refractivity contribution in [3.8, 4) is 0 Å². The van der Waals surface area contributed by atoms with Crippen molar-refractivity contribution in [1.29, 1.82) is 0 Å². The summed E-state index contributed by atoms with van der Waals surface area (Å²) in [6.45, 7) is 12.1. The first kappa shape index (κ1) is 17.6. The molecule has 0 bridgehead atoms. The van der Waals surface area contributed by atoms with E-state index >= 15 is 0 Å². The summed E-state index contributed by atoms with van der Waals surface area (Å²) in [6.07, 6.45) is 3.57. The lowest BCUT2D eigenvalue weighted by atomic mass is 10.3. The van der Waals surface area contributed by atoms with Crippen molar-refractivity contribution >= 4 is 17.7 Å². The van der Waals surface area contributed by atoms with Gasteiger partial charge in [-0.3, -0.25) is 4.99 Å². The van der Waals surface area contributed by atoms with Crippen LogP contribution in [-0.4, -0.2) is 61.3 Å². The molecule has 1 fully saturated rings. The van der Waals surface area contributed by atoms with Crippen LogP contribution in [0.4, 0.5) is 0 Å². The van der Waals surface area contributed by atoms with E-state index in [2.05, 4.69) is 42.7 Å². The van der Waals surface area contributed by atoms with E-state index in [1.54, 1.807) is 0 Å². The van der Waals surface area contributed by atoms with Crippen molar-refractivity contribution in [1.82, 2.24) is 10.2 Å². The predicted molar refractivity (Wildman–Crippen MR) is 89.8 cm³/mol. The van der Waals surface area contributed by atoms with E-state index in [-0.39, 0.29) is 0 Å². The van der Waals surface area contributed by atoms with Gasteiger partial charge in [0.25, 0.3) is 0 Å². The van der Waals surface area contributed by atoms with Gasteiger partial charge in [0.15, 0.2) is 5.96 Å². The van der Waals surface area contributed by atoms with Gasteiger partial charge in [0.2, 0.25) is 0 Å². The number of aliphatic imine (C=N–C) groups is 1. The number of ether oxygens (including phenoxy) is 1. The highest BCUT2D eigenvalue weighted by molar-refractivity contribution is 8.00. The summed E-state index contributed by atoms with van der Waals surface area (Å²) in [5.41, 5.74) is 0. The zero-order valence-electron chi connectivity index (χ0n) is 13.4. The zero-order valence-corrected chi connectivity index (χ0v) is 14.2. The first-order valence-electron chi connectivity index (χ1n) is 8.04. The molecular weight excluding hydrogens is 270 g/mol. The Bertz CT molecular complexity index is 274. The molecule has 1 atom stereocenters. The molecule has 118 valence electrons. The monoisotopic (exact) mass is 301 g/mol. The smallest absolute Gasteiger partial charge is 0.194 e. The van der Waals surface area contributed by atoms with Crippen LogP contribution in [0.3, 0.4) is 0 Å². The fourth-order valence-corrected chi connectivity index (χ4v) is 3.33. The fourth-order valence-electron chi connectivity index (χ4n) is 2.15. The van der Waals surface area contributed by atoms with Gasteiger partial charge in [-0.1, -0.05) is 20.3 Å². The molecule has 0 saturated carbocycles. The molecule has 0 aromatic carbocycles. The van der Waals surface area contributed by atoms with Crippen LogP contribution in [0.25, 0.3) is 0 Å². The summed E-state index contributed by atoms with van der Waals surface area (Å²) < 4.78 is 5.57. The number of hydrogen-bond acceptors (Lipinski definition) is 3. The van der Waals surface area contributed by atoms with E-state index < -0.39 is 0 Å². The summed E-state index contributed by atoms with van der Waals surface area (Å²) in [6, 6.07) is 0. The van der Waals surface area contributed by atoms with E-state index in [4.69, 9.17) is 9.73 Å². The fraction of sp³-hybridized carbons (Fsp3) is 0.933. The van der Waals surface area contributed by atoms with Gasteiger partial charge in [-0.05, 0) is 19.8 Å². The summed E-state index contributed by atoms with van der Waals surface area (Å²) in [5, 5.41) is 4.15. The average molecular weight is 302 g/mol. The predicted octanol–water partition coefficient (Wildman–Crippen LogP) is 2.60. The molecule has 1 aliphatic rings. The lowest BCUT2D eigenvalue weighted by Gasteiger charge is -2.34. The van der Waals surface area contributed by atoms with Crippen LogP contribution in [0.15, 0.2) is 4.99 Å². The van der Waals surface area contributed by atoms with E-state index in [0.29, 0.717) is 0 Å². The summed E-state index contributed by atoms with van der Waals surface area (Å²) >= 11 is 2.09. The van der Waals surface area contributed by atoms with Gasteiger partial charge in [-0.15, -0.1) is 0 Å². The second-order valence-electron chi connectivity index (χ2n) is 5.05.